The first-order chi connectivity index (χ1) is 9.70. The van der Waals surface area contributed by atoms with E-state index in [-0.39, 0.29) is 0 Å². The van der Waals surface area contributed by atoms with E-state index in [9.17, 15) is 5.26 Å². The molecule has 2 heterocycles. The molecule has 2 aliphatic rings. The van der Waals surface area contributed by atoms with E-state index in [1.54, 1.807) is 0 Å². The molecule has 5 heteroatoms. The highest BCUT2D eigenvalue weighted by atomic mass is 16.5. The summed E-state index contributed by atoms with van der Waals surface area (Å²) >= 11 is 0. The second kappa shape index (κ2) is 5.37. The predicted octanol–water partition coefficient (Wildman–Crippen LogP) is 2.33. The quantitative estimate of drug-likeness (QED) is 0.894. The van der Waals surface area contributed by atoms with Gasteiger partial charge in [-0.25, -0.2) is 0 Å². The lowest BCUT2D eigenvalue weighted by molar-refractivity contribution is 0.0619. The molecule has 0 radical (unpaired) electrons. The number of nitriles is 1. The Morgan fingerprint density at radius 1 is 1.25 bits per heavy atom. The van der Waals surface area contributed by atoms with Crippen molar-refractivity contribution in [1.29, 1.82) is 5.26 Å². The first-order valence-corrected chi connectivity index (χ1v) is 7.33. The first kappa shape index (κ1) is 13.3. The molecule has 106 valence electrons. The summed E-state index contributed by atoms with van der Waals surface area (Å²) in [6.07, 6.45) is 4.92. The average molecular weight is 272 g/mol. The summed E-state index contributed by atoms with van der Waals surface area (Å²) in [6, 6.07) is 2.60. The Balaban J connectivity index is 1.84. The molecule has 1 saturated heterocycles. The number of aromatic nitrogens is 2. The van der Waals surface area contributed by atoms with Crippen molar-refractivity contribution in [1.82, 2.24) is 10.2 Å². The Morgan fingerprint density at radius 2 is 2.10 bits per heavy atom. The number of anilines is 1. The van der Waals surface area contributed by atoms with Gasteiger partial charge in [0.1, 0.15) is 11.6 Å². The molecule has 1 N–H and O–H groups in total. The van der Waals surface area contributed by atoms with E-state index in [1.165, 1.54) is 6.42 Å². The Kier molecular flexibility index (Phi) is 3.58. The Bertz CT molecular complexity index is 552. The van der Waals surface area contributed by atoms with E-state index in [0.29, 0.717) is 29.4 Å². The van der Waals surface area contributed by atoms with Gasteiger partial charge in [-0.2, -0.15) is 10.4 Å². The SMILES string of the molecule is Cc1nnc(N[C@@H]2CCC[C@@H]3OCC[C@H]32)c(C#N)c1C. The maximum atomic E-state index is 9.36. The van der Waals surface area contributed by atoms with Gasteiger partial charge in [-0.05, 0) is 45.1 Å². The van der Waals surface area contributed by atoms with Crippen LogP contribution in [0.25, 0.3) is 0 Å². The van der Waals surface area contributed by atoms with Crippen LogP contribution in [0.5, 0.6) is 0 Å². The molecule has 1 aromatic heterocycles. The van der Waals surface area contributed by atoms with Gasteiger partial charge in [0, 0.05) is 18.6 Å². The smallest absolute Gasteiger partial charge is 0.167 e. The summed E-state index contributed by atoms with van der Waals surface area (Å²) in [5, 5.41) is 21.2. The molecular formula is C15H20N4O. The number of rotatable bonds is 2. The number of nitrogens with one attached hydrogen (secondary N) is 1. The van der Waals surface area contributed by atoms with Gasteiger partial charge in [0.25, 0.3) is 0 Å². The van der Waals surface area contributed by atoms with Crippen LogP contribution in [-0.2, 0) is 4.74 Å². The van der Waals surface area contributed by atoms with Crippen LogP contribution in [0.15, 0.2) is 0 Å². The molecular weight excluding hydrogens is 252 g/mol. The second-order valence-electron chi connectivity index (χ2n) is 5.79. The van der Waals surface area contributed by atoms with Gasteiger partial charge in [0.05, 0.1) is 11.8 Å². The number of hydrogen-bond acceptors (Lipinski definition) is 5. The highest BCUT2D eigenvalue weighted by Crippen LogP contribution is 2.36. The average Bonchev–Trinajstić information content (AvgIpc) is 2.93. The van der Waals surface area contributed by atoms with Gasteiger partial charge >= 0.3 is 0 Å². The van der Waals surface area contributed by atoms with Crippen molar-refractivity contribution in [3.8, 4) is 6.07 Å². The summed E-state index contributed by atoms with van der Waals surface area (Å²) in [6.45, 7) is 4.67. The van der Waals surface area contributed by atoms with E-state index in [1.807, 2.05) is 13.8 Å². The summed E-state index contributed by atoms with van der Waals surface area (Å²) in [5.41, 5.74) is 2.36. The van der Waals surface area contributed by atoms with E-state index in [0.717, 1.165) is 37.1 Å². The molecule has 20 heavy (non-hydrogen) atoms. The molecule has 5 nitrogen and oxygen atoms in total. The fourth-order valence-corrected chi connectivity index (χ4v) is 3.38. The standard InChI is InChI=1S/C15H20N4O/c1-9-10(2)18-19-15(12(9)8-16)17-13-4-3-5-14-11(13)6-7-20-14/h11,13-14H,3-7H2,1-2H3,(H,17,19)/t11-,13+,14-/m0/s1. The Morgan fingerprint density at radius 3 is 2.90 bits per heavy atom. The Hall–Kier alpha value is -1.67. The lowest BCUT2D eigenvalue weighted by Gasteiger charge is -2.33. The lowest BCUT2D eigenvalue weighted by Crippen LogP contribution is -2.38. The molecule has 0 spiro atoms. The van der Waals surface area contributed by atoms with Crippen LogP contribution in [0.2, 0.25) is 0 Å². The van der Waals surface area contributed by atoms with E-state index >= 15 is 0 Å². The van der Waals surface area contributed by atoms with Crippen LogP contribution < -0.4 is 5.32 Å². The van der Waals surface area contributed by atoms with Crippen molar-refractivity contribution in [2.24, 2.45) is 5.92 Å². The van der Waals surface area contributed by atoms with Gasteiger partial charge in [0.2, 0.25) is 0 Å². The molecule has 0 bridgehead atoms. The van der Waals surface area contributed by atoms with Crippen molar-refractivity contribution in [3.63, 3.8) is 0 Å². The van der Waals surface area contributed by atoms with E-state index in [4.69, 9.17) is 4.74 Å². The van der Waals surface area contributed by atoms with Gasteiger partial charge in [-0.3, -0.25) is 0 Å². The molecule has 3 rings (SSSR count). The fourth-order valence-electron chi connectivity index (χ4n) is 3.38. The van der Waals surface area contributed by atoms with Crippen LogP contribution in [0.3, 0.4) is 0 Å². The predicted molar refractivity (Wildman–Crippen MR) is 75.3 cm³/mol. The summed E-state index contributed by atoms with van der Waals surface area (Å²) < 4.78 is 5.78. The van der Waals surface area contributed by atoms with Gasteiger partial charge in [-0.1, -0.05) is 0 Å². The van der Waals surface area contributed by atoms with Crippen molar-refractivity contribution in [2.45, 2.75) is 51.7 Å². The molecule has 3 atom stereocenters. The van der Waals surface area contributed by atoms with Gasteiger partial charge in [-0.15, -0.1) is 5.10 Å². The van der Waals surface area contributed by atoms with Crippen LogP contribution in [0.4, 0.5) is 5.82 Å². The second-order valence-corrected chi connectivity index (χ2v) is 5.79. The minimum absolute atomic E-state index is 0.347. The van der Waals surface area contributed by atoms with E-state index in [2.05, 4.69) is 21.6 Å². The molecule has 0 aromatic carbocycles. The molecule has 1 aliphatic heterocycles. The number of aryl methyl sites for hydroxylation is 1. The lowest BCUT2D eigenvalue weighted by atomic mass is 9.82. The maximum absolute atomic E-state index is 9.36. The highest BCUT2D eigenvalue weighted by Gasteiger charge is 2.38. The number of fused-ring (bicyclic) bond motifs is 1. The van der Waals surface area contributed by atoms with E-state index < -0.39 is 0 Å². The minimum Gasteiger partial charge on any atom is -0.378 e. The highest BCUT2D eigenvalue weighted by molar-refractivity contribution is 5.56. The maximum Gasteiger partial charge on any atom is 0.167 e. The molecule has 2 fully saturated rings. The van der Waals surface area contributed by atoms with Crippen LogP contribution in [0, 0.1) is 31.1 Å². The Labute approximate surface area is 119 Å². The summed E-state index contributed by atoms with van der Waals surface area (Å²) in [5.74, 6) is 1.17. The van der Waals surface area contributed by atoms with Crippen molar-refractivity contribution < 1.29 is 4.74 Å². The van der Waals surface area contributed by atoms with Crippen LogP contribution in [0.1, 0.15) is 42.5 Å². The third-order valence-electron chi connectivity index (χ3n) is 4.67. The molecule has 1 saturated carbocycles. The third kappa shape index (κ3) is 2.25. The largest absolute Gasteiger partial charge is 0.378 e. The summed E-state index contributed by atoms with van der Waals surface area (Å²) in [4.78, 5) is 0. The van der Waals surface area contributed by atoms with Crippen molar-refractivity contribution in [2.75, 3.05) is 11.9 Å². The number of hydrogen-bond donors (Lipinski definition) is 1. The van der Waals surface area contributed by atoms with Gasteiger partial charge < -0.3 is 10.1 Å². The summed E-state index contributed by atoms with van der Waals surface area (Å²) in [7, 11) is 0. The monoisotopic (exact) mass is 272 g/mol. The van der Waals surface area contributed by atoms with Crippen molar-refractivity contribution >= 4 is 5.82 Å². The first-order valence-electron chi connectivity index (χ1n) is 7.33. The topological polar surface area (TPSA) is 70.8 Å². The minimum atomic E-state index is 0.347. The molecule has 1 aromatic rings. The van der Waals surface area contributed by atoms with Crippen LogP contribution in [-0.4, -0.2) is 29.0 Å². The number of ether oxygens (including phenoxy) is 1. The zero-order chi connectivity index (χ0) is 14.1. The third-order valence-corrected chi connectivity index (χ3v) is 4.67. The van der Waals surface area contributed by atoms with Crippen molar-refractivity contribution in [3.05, 3.63) is 16.8 Å². The molecule has 0 amide bonds. The van der Waals surface area contributed by atoms with Crippen LogP contribution >= 0.6 is 0 Å². The fraction of sp³-hybridized carbons (Fsp3) is 0.667. The van der Waals surface area contributed by atoms with Gasteiger partial charge in [0.15, 0.2) is 5.82 Å². The normalized spacial score (nSPS) is 28.8. The zero-order valence-electron chi connectivity index (χ0n) is 12.0. The number of nitrogens with zero attached hydrogens (tertiary/aromatic N) is 3. The molecule has 0 unspecified atom stereocenters. The zero-order valence-corrected chi connectivity index (χ0v) is 12.0. The molecule has 1 aliphatic carbocycles.